The summed E-state index contributed by atoms with van der Waals surface area (Å²) in [6, 6.07) is 0. The standard InChI is InChI=1S/C13H21IN4O3/c1-17(13(19)20)6-5-15-8-10-9-18(16-12(10)14)11-4-2-3-7-21-11/h9,11,15H,2-8H2,1H3,(H,19,20). The number of halogens is 1. The minimum Gasteiger partial charge on any atom is -0.465 e. The number of ether oxygens (including phenoxy) is 1. The number of nitrogens with zero attached hydrogens (tertiary/aromatic N) is 3. The average Bonchev–Trinajstić information content (AvgIpc) is 2.85. The van der Waals surface area contributed by atoms with Crippen molar-refractivity contribution in [1.29, 1.82) is 0 Å². The molecule has 2 heterocycles. The van der Waals surface area contributed by atoms with E-state index in [0.717, 1.165) is 28.7 Å². The molecule has 1 unspecified atom stereocenters. The second-order valence-electron chi connectivity index (χ2n) is 5.13. The van der Waals surface area contributed by atoms with Gasteiger partial charge in [-0.15, -0.1) is 0 Å². The van der Waals surface area contributed by atoms with Crippen molar-refractivity contribution in [3.8, 4) is 0 Å². The van der Waals surface area contributed by atoms with Gasteiger partial charge < -0.3 is 20.1 Å². The number of aromatic nitrogens is 2. The topological polar surface area (TPSA) is 79.6 Å². The fourth-order valence-corrected chi connectivity index (χ4v) is 2.75. The zero-order chi connectivity index (χ0) is 15.2. The number of likely N-dealkylation sites (N-methyl/N-ethyl adjacent to an activating group) is 1. The molecule has 118 valence electrons. The third-order valence-corrected chi connectivity index (χ3v) is 4.38. The Morgan fingerprint density at radius 2 is 2.48 bits per heavy atom. The van der Waals surface area contributed by atoms with E-state index in [1.54, 1.807) is 7.05 Å². The summed E-state index contributed by atoms with van der Waals surface area (Å²) < 4.78 is 8.58. The molecule has 0 spiro atoms. The summed E-state index contributed by atoms with van der Waals surface area (Å²) in [7, 11) is 1.56. The van der Waals surface area contributed by atoms with Crippen molar-refractivity contribution >= 4 is 28.7 Å². The number of rotatable bonds is 6. The molecule has 2 N–H and O–H groups in total. The fraction of sp³-hybridized carbons (Fsp3) is 0.692. The smallest absolute Gasteiger partial charge is 0.407 e. The highest BCUT2D eigenvalue weighted by molar-refractivity contribution is 14.1. The fourth-order valence-electron chi connectivity index (χ4n) is 2.17. The second-order valence-corrected chi connectivity index (χ2v) is 6.15. The van der Waals surface area contributed by atoms with E-state index in [1.165, 1.54) is 11.3 Å². The van der Waals surface area contributed by atoms with E-state index < -0.39 is 6.09 Å². The summed E-state index contributed by atoms with van der Waals surface area (Å²) in [5, 5.41) is 16.5. The molecule has 0 saturated carbocycles. The van der Waals surface area contributed by atoms with E-state index in [4.69, 9.17) is 9.84 Å². The van der Waals surface area contributed by atoms with Crippen molar-refractivity contribution in [3.05, 3.63) is 15.5 Å². The van der Waals surface area contributed by atoms with Crippen LogP contribution in [0.15, 0.2) is 6.20 Å². The van der Waals surface area contributed by atoms with Crippen molar-refractivity contribution in [1.82, 2.24) is 20.0 Å². The van der Waals surface area contributed by atoms with Crippen LogP contribution in [-0.4, -0.2) is 52.6 Å². The van der Waals surface area contributed by atoms with Crippen LogP contribution in [0.2, 0.25) is 0 Å². The average molecular weight is 408 g/mol. The Hall–Kier alpha value is -0.870. The summed E-state index contributed by atoms with van der Waals surface area (Å²) >= 11 is 2.22. The van der Waals surface area contributed by atoms with E-state index in [-0.39, 0.29) is 6.23 Å². The van der Waals surface area contributed by atoms with Crippen molar-refractivity contribution in [2.75, 3.05) is 26.7 Å². The lowest BCUT2D eigenvalue weighted by molar-refractivity contribution is -0.0397. The molecule has 1 aliphatic heterocycles. The minimum atomic E-state index is -0.909. The first-order chi connectivity index (χ1) is 10.1. The largest absolute Gasteiger partial charge is 0.465 e. The third kappa shape index (κ3) is 4.82. The van der Waals surface area contributed by atoms with Crippen LogP contribution >= 0.6 is 22.6 Å². The Bertz CT molecular complexity index is 474. The van der Waals surface area contributed by atoms with Gasteiger partial charge in [0.15, 0.2) is 0 Å². The van der Waals surface area contributed by atoms with Gasteiger partial charge in [0.2, 0.25) is 0 Å². The van der Waals surface area contributed by atoms with E-state index >= 15 is 0 Å². The summed E-state index contributed by atoms with van der Waals surface area (Å²) in [4.78, 5) is 11.9. The van der Waals surface area contributed by atoms with Crippen LogP contribution in [0.1, 0.15) is 31.1 Å². The lowest BCUT2D eigenvalue weighted by Crippen LogP contribution is -2.32. The molecule has 1 aromatic rings. The highest BCUT2D eigenvalue weighted by Crippen LogP contribution is 2.23. The zero-order valence-corrected chi connectivity index (χ0v) is 14.2. The maximum Gasteiger partial charge on any atom is 0.407 e. The van der Waals surface area contributed by atoms with Crippen LogP contribution in [-0.2, 0) is 11.3 Å². The Morgan fingerprint density at radius 1 is 1.67 bits per heavy atom. The molecule has 1 aliphatic rings. The number of hydrogen-bond acceptors (Lipinski definition) is 4. The van der Waals surface area contributed by atoms with Gasteiger partial charge in [0.1, 0.15) is 9.93 Å². The molecule has 1 amide bonds. The summed E-state index contributed by atoms with van der Waals surface area (Å²) in [5.74, 6) is 0. The number of carboxylic acid groups (broad SMARTS) is 1. The van der Waals surface area contributed by atoms with E-state index in [1.807, 2.05) is 10.9 Å². The lowest BCUT2D eigenvalue weighted by atomic mass is 10.2. The van der Waals surface area contributed by atoms with Crippen LogP contribution in [0.5, 0.6) is 0 Å². The van der Waals surface area contributed by atoms with Crippen LogP contribution in [0.25, 0.3) is 0 Å². The summed E-state index contributed by atoms with van der Waals surface area (Å²) in [6.45, 7) is 2.56. The Kier molecular flexibility index (Phi) is 6.24. The predicted molar refractivity (Wildman–Crippen MR) is 86.1 cm³/mol. The van der Waals surface area contributed by atoms with Crippen LogP contribution in [0.4, 0.5) is 4.79 Å². The first kappa shape index (κ1) is 16.5. The van der Waals surface area contributed by atoms with Crippen molar-refractivity contribution < 1.29 is 14.6 Å². The Morgan fingerprint density at radius 3 is 3.14 bits per heavy atom. The molecular formula is C13H21IN4O3. The number of amides is 1. The molecule has 8 heteroatoms. The van der Waals surface area contributed by atoms with Gasteiger partial charge in [-0.25, -0.2) is 9.48 Å². The van der Waals surface area contributed by atoms with Crippen molar-refractivity contribution in [2.45, 2.75) is 32.0 Å². The molecule has 0 aromatic carbocycles. The van der Waals surface area contributed by atoms with Crippen LogP contribution in [0, 0.1) is 3.70 Å². The van der Waals surface area contributed by atoms with Gasteiger partial charge in [0, 0.05) is 45.0 Å². The van der Waals surface area contributed by atoms with Gasteiger partial charge in [0.05, 0.1) is 0 Å². The number of hydrogen-bond donors (Lipinski definition) is 2. The van der Waals surface area contributed by atoms with Gasteiger partial charge in [0.25, 0.3) is 0 Å². The highest BCUT2D eigenvalue weighted by Gasteiger charge is 2.18. The second kappa shape index (κ2) is 7.95. The summed E-state index contributed by atoms with van der Waals surface area (Å²) in [5.41, 5.74) is 1.11. The lowest BCUT2D eigenvalue weighted by Gasteiger charge is -2.22. The SMILES string of the molecule is CN(CCNCc1cn(C2CCCCO2)nc1I)C(=O)O. The van der Waals surface area contributed by atoms with Crippen molar-refractivity contribution in [3.63, 3.8) is 0 Å². The quantitative estimate of drug-likeness (QED) is 0.555. The highest BCUT2D eigenvalue weighted by atomic mass is 127. The molecule has 0 aliphatic carbocycles. The van der Waals surface area contributed by atoms with E-state index in [0.29, 0.717) is 19.6 Å². The van der Waals surface area contributed by atoms with Crippen molar-refractivity contribution in [2.24, 2.45) is 0 Å². The molecule has 0 bridgehead atoms. The first-order valence-electron chi connectivity index (χ1n) is 7.08. The van der Waals surface area contributed by atoms with Crippen LogP contribution in [0.3, 0.4) is 0 Å². The monoisotopic (exact) mass is 408 g/mol. The summed E-state index contributed by atoms with van der Waals surface area (Å²) in [6.07, 6.45) is 4.48. The molecule has 1 aromatic heterocycles. The van der Waals surface area contributed by atoms with Gasteiger partial charge in [-0.2, -0.15) is 5.10 Å². The molecule has 7 nitrogen and oxygen atoms in total. The number of nitrogens with one attached hydrogen (secondary N) is 1. The Balaban J connectivity index is 1.80. The van der Waals surface area contributed by atoms with E-state index in [2.05, 4.69) is 33.0 Å². The van der Waals surface area contributed by atoms with Gasteiger partial charge >= 0.3 is 6.09 Å². The van der Waals surface area contributed by atoms with E-state index in [9.17, 15) is 4.79 Å². The number of carbonyl (C=O) groups is 1. The molecule has 2 rings (SSSR count). The molecule has 1 saturated heterocycles. The normalized spacial score (nSPS) is 18.7. The maximum atomic E-state index is 10.7. The predicted octanol–water partition coefficient (Wildman–Crippen LogP) is 1.89. The molecule has 1 fully saturated rings. The molecule has 1 atom stereocenters. The van der Waals surface area contributed by atoms with Crippen LogP contribution < -0.4 is 5.32 Å². The molecule has 21 heavy (non-hydrogen) atoms. The van der Waals surface area contributed by atoms with Gasteiger partial charge in [-0.1, -0.05) is 0 Å². The maximum absolute atomic E-state index is 10.7. The minimum absolute atomic E-state index is 0.0548. The molecular weight excluding hydrogens is 387 g/mol. The van der Waals surface area contributed by atoms with Gasteiger partial charge in [-0.3, -0.25) is 0 Å². The first-order valence-corrected chi connectivity index (χ1v) is 8.15. The zero-order valence-electron chi connectivity index (χ0n) is 12.1. The Labute approximate surface area is 137 Å². The van der Waals surface area contributed by atoms with Gasteiger partial charge in [-0.05, 0) is 41.9 Å². The molecule has 0 radical (unpaired) electrons. The third-order valence-electron chi connectivity index (χ3n) is 3.47.